The molecule has 0 aliphatic rings. The zero-order chi connectivity index (χ0) is 10.7. The SMILES string of the molecule is Cc1cc(OC(C)[C@H](C)N)ccc1Cl. The van der Waals surface area contributed by atoms with E-state index in [1.165, 1.54) is 0 Å². The summed E-state index contributed by atoms with van der Waals surface area (Å²) in [4.78, 5) is 0. The van der Waals surface area contributed by atoms with Gasteiger partial charge in [0.25, 0.3) is 0 Å². The highest BCUT2D eigenvalue weighted by molar-refractivity contribution is 6.31. The van der Waals surface area contributed by atoms with Crippen LogP contribution >= 0.6 is 11.6 Å². The van der Waals surface area contributed by atoms with E-state index in [0.717, 1.165) is 16.3 Å². The normalized spacial score (nSPS) is 14.9. The molecule has 2 N–H and O–H groups in total. The number of rotatable bonds is 3. The number of halogens is 1. The Balaban J connectivity index is 2.73. The van der Waals surface area contributed by atoms with Crippen molar-refractivity contribution in [2.24, 2.45) is 5.73 Å². The van der Waals surface area contributed by atoms with E-state index >= 15 is 0 Å². The summed E-state index contributed by atoms with van der Waals surface area (Å²) in [5.41, 5.74) is 6.72. The average Bonchev–Trinajstić information content (AvgIpc) is 2.11. The van der Waals surface area contributed by atoms with Gasteiger partial charge in [0.05, 0.1) is 0 Å². The van der Waals surface area contributed by atoms with Gasteiger partial charge in [0.1, 0.15) is 11.9 Å². The Kier molecular flexibility index (Phi) is 3.78. The van der Waals surface area contributed by atoms with Crippen LogP contribution in [-0.2, 0) is 0 Å². The summed E-state index contributed by atoms with van der Waals surface area (Å²) in [5.74, 6) is 0.816. The summed E-state index contributed by atoms with van der Waals surface area (Å²) < 4.78 is 5.63. The quantitative estimate of drug-likeness (QED) is 0.838. The lowest BCUT2D eigenvalue weighted by molar-refractivity contribution is 0.196. The van der Waals surface area contributed by atoms with E-state index < -0.39 is 0 Å². The molecule has 1 rings (SSSR count). The van der Waals surface area contributed by atoms with Crippen LogP contribution in [0.4, 0.5) is 0 Å². The first kappa shape index (κ1) is 11.3. The molecule has 0 amide bonds. The molecule has 0 bridgehead atoms. The zero-order valence-electron chi connectivity index (χ0n) is 8.75. The van der Waals surface area contributed by atoms with E-state index in [-0.39, 0.29) is 12.1 Å². The van der Waals surface area contributed by atoms with Crippen LogP contribution in [0, 0.1) is 6.92 Å². The number of nitrogens with two attached hydrogens (primary N) is 1. The van der Waals surface area contributed by atoms with E-state index in [0.29, 0.717) is 0 Å². The van der Waals surface area contributed by atoms with Crippen molar-refractivity contribution in [2.75, 3.05) is 0 Å². The summed E-state index contributed by atoms with van der Waals surface area (Å²) in [5, 5.41) is 0.755. The Morgan fingerprint density at radius 2 is 2.00 bits per heavy atom. The van der Waals surface area contributed by atoms with Crippen molar-refractivity contribution < 1.29 is 4.74 Å². The van der Waals surface area contributed by atoms with Gasteiger partial charge in [-0.15, -0.1) is 0 Å². The minimum atomic E-state index is 0.00979. The third-order valence-electron chi connectivity index (χ3n) is 2.19. The maximum atomic E-state index is 5.90. The van der Waals surface area contributed by atoms with Crippen LogP contribution < -0.4 is 10.5 Å². The van der Waals surface area contributed by atoms with Gasteiger partial charge in [0, 0.05) is 11.1 Å². The van der Waals surface area contributed by atoms with E-state index in [4.69, 9.17) is 22.1 Å². The molecule has 0 fully saturated rings. The number of hydrogen-bond acceptors (Lipinski definition) is 2. The fourth-order valence-electron chi connectivity index (χ4n) is 1.01. The first-order chi connectivity index (χ1) is 6.50. The topological polar surface area (TPSA) is 35.2 Å². The van der Waals surface area contributed by atoms with Crippen molar-refractivity contribution in [3.8, 4) is 5.75 Å². The molecule has 78 valence electrons. The van der Waals surface area contributed by atoms with Crippen molar-refractivity contribution in [2.45, 2.75) is 32.9 Å². The van der Waals surface area contributed by atoms with Gasteiger partial charge < -0.3 is 10.5 Å². The lowest BCUT2D eigenvalue weighted by atomic mass is 10.2. The number of ether oxygens (including phenoxy) is 1. The molecular weight excluding hydrogens is 198 g/mol. The Morgan fingerprint density at radius 3 is 2.50 bits per heavy atom. The highest BCUT2D eigenvalue weighted by Crippen LogP contribution is 2.22. The van der Waals surface area contributed by atoms with Crippen LogP contribution in [0.1, 0.15) is 19.4 Å². The maximum Gasteiger partial charge on any atom is 0.120 e. The van der Waals surface area contributed by atoms with E-state index in [1.807, 2.05) is 39.0 Å². The second-order valence-corrected chi connectivity index (χ2v) is 4.00. The Bertz CT molecular complexity index is 312. The minimum Gasteiger partial charge on any atom is -0.489 e. The third kappa shape index (κ3) is 2.89. The van der Waals surface area contributed by atoms with Crippen molar-refractivity contribution >= 4 is 11.6 Å². The zero-order valence-corrected chi connectivity index (χ0v) is 9.51. The summed E-state index contributed by atoms with van der Waals surface area (Å²) >= 11 is 5.90. The highest BCUT2D eigenvalue weighted by atomic mass is 35.5. The molecule has 0 aromatic heterocycles. The Labute approximate surface area is 90.0 Å². The van der Waals surface area contributed by atoms with Crippen LogP contribution in [0.5, 0.6) is 5.75 Å². The largest absolute Gasteiger partial charge is 0.489 e. The predicted octanol–water partition coefficient (Wildman–Crippen LogP) is 2.76. The third-order valence-corrected chi connectivity index (χ3v) is 2.62. The van der Waals surface area contributed by atoms with Crippen LogP contribution in [-0.4, -0.2) is 12.1 Å². The van der Waals surface area contributed by atoms with E-state index in [2.05, 4.69) is 0 Å². The first-order valence-corrected chi connectivity index (χ1v) is 5.07. The maximum absolute atomic E-state index is 5.90. The molecule has 1 aromatic rings. The number of hydrogen-bond donors (Lipinski definition) is 1. The second kappa shape index (κ2) is 4.67. The molecule has 1 aromatic carbocycles. The first-order valence-electron chi connectivity index (χ1n) is 4.69. The number of benzene rings is 1. The molecule has 0 spiro atoms. The molecule has 0 radical (unpaired) electrons. The summed E-state index contributed by atoms with van der Waals surface area (Å²) in [7, 11) is 0. The van der Waals surface area contributed by atoms with Crippen molar-refractivity contribution in [3.63, 3.8) is 0 Å². The highest BCUT2D eigenvalue weighted by Gasteiger charge is 2.09. The average molecular weight is 214 g/mol. The van der Waals surface area contributed by atoms with Crippen LogP contribution in [0.3, 0.4) is 0 Å². The molecule has 0 heterocycles. The van der Waals surface area contributed by atoms with Gasteiger partial charge in [-0.25, -0.2) is 0 Å². The Morgan fingerprint density at radius 1 is 1.36 bits per heavy atom. The minimum absolute atomic E-state index is 0.00979. The standard InChI is InChI=1S/C11H16ClNO/c1-7-6-10(4-5-11(7)12)14-9(3)8(2)13/h4-6,8-9H,13H2,1-3H3/t8-,9?/m0/s1. The van der Waals surface area contributed by atoms with E-state index in [1.54, 1.807) is 0 Å². The van der Waals surface area contributed by atoms with E-state index in [9.17, 15) is 0 Å². The monoisotopic (exact) mass is 213 g/mol. The molecule has 0 saturated heterocycles. The van der Waals surface area contributed by atoms with Gasteiger partial charge in [0.15, 0.2) is 0 Å². The van der Waals surface area contributed by atoms with Crippen LogP contribution in [0.2, 0.25) is 5.02 Å². The molecule has 3 heteroatoms. The fraction of sp³-hybridized carbons (Fsp3) is 0.455. The number of aryl methyl sites for hydroxylation is 1. The predicted molar refractivity (Wildman–Crippen MR) is 59.9 cm³/mol. The van der Waals surface area contributed by atoms with Crippen molar-refractivity contribution in [3.05, 3.63) is 28.8 Å². The van der Waals surface area contributed by atoms with Gasteiger partial charge in [-0.05, 0) is 44.5 Å². The molecule has 2 nitrogen and oxygen atoms in total. The fourth-order valence-corrected chi connectivity index (χ4v) is 1.13. The molecule has 2 atom stereocenters. The lowest BCUT2D eigenvalue weighted by Crippen LogP contribution is -2.33. The molecule has 14 heavy (non-hydrogen) atoms. The summed E-state index contributed by atoms with van der Waals surface area (Å²) in [6.07, 6.45) is 0.00979. The molecule has 1 unspecified atom stereocenters. The van der Waals surface area contributed by atoms with Gasteiger partial charge in [-0.1, -0.05) is 11.6 Å². The molecular formula is C11H16ClNO. The molecule has 0 aliphatic heterocycles. The van der Waals surface area contributed by atoms with Gasteiger partial charge in [-0.2, -0.15) is 0 Å². The van der Waals surface area contributed by atoms with Crippen LogP contribution in [0.25, 0.3) is 0 Å². The summed E-state index contributed by atoms with van der Waals surface area (Å²) in [6, 6.07) is 5.63. The smallest absolute Gasteiger partial charge is 0.120 e. The van der Waals surface area contributed by atoms with Crippen LogP contribution in [0.15, 0.2) is 18.2 Å². The Hall–Kier alpha value is -0.730. The lowest BCUT2D eigenvalue weighted by Gasteiger charge is -2.18. The molecule has 0 aliphatic carbocycles. The molecule has 0 saturated carbocycles. The van der Waals surface area contributed by atoms with Gasteiger partial charge in [0.2, 0.25) is 0 Å². The van der Waals surface area contributed by atoms with Gasteiger partial charge in [-0.3, -0.25) is 0 Å². The second-order valence-electron chi connectivity index (χ2n) is 3.59. The van der Waals surface area contributed by atoms with Crippen molar-refractivity contribution in [1.29, 1.82) is 0 Å². The van der Waals surface area contributed by atoms with Gasteiger partial charge >= 0.3 is 0 Å². The summed E-state index contributed by atoms with van der Waals surface area (Å²) in [6.45, 7) is 5.83. The van der Waals surface area contributed by atoms with Crippen molar-refractivity contribution in [1.82, 2.24) is 0 Å².